The van der Waals surface area contributed by atoms with Gasteiger partial charge in [0.25, 0.3) is 0 Å². The van der Waals surface area contributed by atoms with Gasteiger partial charge in [0.05, 0.1) is 11.4 Å². The summed E-state index contributed by atoms with van der Waals surface area (Å²) in [7, 11) is 0. The Morgan fingerprint density at radius 3 is 2.81 bits per heavy atom. The average molecular weight is 310 g/mol. The molecule has 0 spiro atoms. The van der Waals surface area contributed by atoms with Crippen molar-refractivity contribution in [2.24, 2.45) is 0 Å². The molecule has 0 bridgehead atoms. The normalized spacial score (nSPS) is 14.4. The predicted molar refractivity (Wildman–Crippen MR) is 88.6 cm³/mol. The smallest absolute Gasteiger partial charge is 0.225 e. The molecule has 1 fully saturated rings. The van der Waals surface area contributed by atoms with Crippen molar-refractivity contribution < 1.29 is 4.79 Å². The van der Waals surface area contributed by atoms with E-state index in [1.807, 2.05) is 0 Å². The number of nitrogen functional groups attached to an aromatic ring is 1. The fourth-order valence-electron chi connectivity index (χ4n) is 2.38. The van der Waals surface area contributed by atoms with Crippen molar-refractivity contribution in [2.75, 3.05) is 24.1 Å². The van der Waals surface area contributed by atoms with Gasteiger partial charge in [0.2, 0.25) is 5.91 Å². The Morgan fingerprint density at radius 2 is 2.19 bits per heavy atom. The lowest BCUT2D eigenvalue weighted by Gasteiger charge is -2.21. The van der Waals surface area contributed by atoms with Crippen molar-refractivity contribution in [1.29, 1.82) is 0 Å². The van der Waals surface area contributed by atoms with Crippen LogP contribution in [0.2, 0.25) is 5.02 Å². The van der Waals surface area contributed by atoms with Crippen LogP contribution in [0.5, 0.6) is 0 Å². The lowest BCUT2D eigenvalue weighted by Crippen LogP contribution is -2.30. The van der Waals surface area contributed by atoms with Gasteiger partial charge in [-0.3, -0.25) is 9.69 Å². The summed E-state index contributed by atoms with van der Waals surface area (Å²) in [4.78, 5) is 14.5. The number of amides is 1. The molecule has 0 heterocycles. The standard InChI is InChI=1S/C16H24ClN3O/c1-2-3-9-20(13-5-6-13)10-8-16(21)19-15-7-4-12(17)11-14(15)18/h4,7,11,13H,2-3,5-6,8-10,18H2,1H3,(H,19,21). The number of carbonyl (C=O) groups excluding carboxylic acids is 1. The lowest BCUT2D eigenvalue weighted by molar-refractivity contribution is -0.116. The maximum absolute atomic E-state index is 12.0. The summed E-state index contributed by atoms with van der Waals surface area (Å²) in [5.74, 6) is 0.00571. The number of hydrogen-bond acceptors (Lipinski definition) is 3. The van der Waals surface area contributed by atoms with Crippen LogP contribution in [0.4, 0.5) is 11.4 Å². The number of nitrogens with one attached hydrogen (secondary N) is 1. The summed E-state index contributed by atoms with van der Waals surface area (Å²) < 4.78 is 0. The highest BCUT2D eigenvalue weighted by atomic mass is 35.5. The topological polar surface area (TPSA) is 58.4 Å². The molecular weight excluding hydrogens is 286 g/mol. The summed E-state index contributed by atoms with van der Waals surface area (Å²) in [6, 6.07) is 5.82. The molecule has 116 valence electrons. The Kier molecular flexibility index (Phi) is 5.88. The molecule has 1 aliphatic rings. The van der Waals surface area contributed by atoms with E-state index in [0.717, 1.165) is 13.1 Å². The number of carbonyl (C=O) groups is 1. The van der Waals surface area contributed by atoms with Crippen LogP contribution in [0.1, 0.15) is 39.0 Å². The van der Waals surface area contributed by atoms with Crippen molar-refractivity contribution in [3.05, 3.63) is 23.2 Å². The second-order valence-electron chi connectivity index (χ2n) is 5.65. The number of unbranched alkanes of at least 4 members (excludes halogenated alkanes) is 1. The van der Waals surface area contributed by atoms with Crippen molar-refractivity contribution in [2.45, 2.75) is 45.1 Å². The highest BCUT2D eigenvalue weighted by molar-refractivity contribution is 6.31. The monoisotopic (exact) mass is 309 g/mol. The van der Waals surface area contributed by atoms with Gasteiger partial charge in [-0.1, -0.05) is 24.9 Å². The van der Waals surface area contributed by atoms with Gasteiger partial charge in [-0.05, 0) is 44.0 Å². The number of hydrogen-bond donors (Lipinski definition) is 2. The third kappa shape index (κ3) is 5.21. The SMILES string of the molecule is CCCCN(CCC(=O)Nc1ccc(Cl)cc1N)C1CC1. The molecule has 2 rings (SSSR count). The first-order chi connectivity index (χ1) is 10.1. The molecule has 1 aromatic rings. The Hall–Kier alpha value is -1.26. The van der Waals surface area contributed by atoms with Crippen LogP contribution in [0.25, 0.3) is 0 Å². The van der Waals surface area contributed by atoms with E-state index in [9.17, 15) is 4.79 Å². The molecule has 21 heavy (non-hydrogen) atoms. The number of halogens is 1. The molecule has 0 unspecified atom stereocenters. The second kappa shape index (κ2) is 7.66. The van der Waals surface area contributed by atoms with Crippen molar-refractivity contribution in [3.8, 4) is 0 Å². The van der Waals surface area contributed by atoms with Crippen LogP contribution in [0, 0.1) is 0 Å². The van der Waals surface area contributed by atoms with Gasteiger partial charge in [0.1, 0.15) is 0 Å². The maximum Gasteiger partial charge on any atom is 0.225 e. The Bertz CT molecular complexity index is 488. The predicted octanol–water partition coefficient (Wildman–Crippen LogP) is 3.52. The highest BCUT2D eigenvalue weighted by Crippen LogP contribution is 2.27. The first-order valence-corrected chi connectivity index (χ1v) is 8.07. The molecule has 1 aromatic carbocycles. The first kappa shape index (κ1) is 16.1. The molecule has 5 heteroatoms. The average Bonchev–Trinajstić information content (AvgIpc) is 3.27. The summed E-state index contributed by atoms with van der Waals surface area (Å²) in [5, 5.41) is 3.43. The zero-order chi connectivity index (χ0) is 15.2. The minimum atomic E-state index is 0.00571. The number of rotatable bonds is 8. The van der Waals surface area contributed by atoms with Crippen molar-refractivity contribution in [1.82, 2.24) is 4.90 Å². The summed E-state index contributed by atoms with van der Waals surface area (Å²) in [6.07, 6.45) is 5.44. The molecule has 1 aliphatic carbocycles. The lowest BCUT2D eigenvalue weighted by atomic mass is 10.2. The minimum Gasteiger partial charge on any atom is -0.397 e. The molecule has 0 atom stereocenters. The highest BCUT2D eigenvalue weighted by Gasteiger charge is 2.28. The van der Waals surface area contributed by atoms with E-state index in [4.69, 9.17) is 17.3 Å². The van der Waals surface area contributed by atoms with E-state index >= 15 is 0 Å². The molecule has 0 radical (unpaired) electrons. The number of nitrogens with zero attached hydrogens (tertiary/aromatic N) is 1. The molecule has 4 nitrogen and oxygen atoms in total. The Labute approximate surface area is 131 Å². The summed E-state index contributed by atoms with van der Waals surface area (Å²) in [5.41, 5.74) is 6.98. The van der Waals surface area contributed by atoms with Gasteiger partial charge in [-0.2, -0.15) is 0 Å². The second-order valence-corrected chi connectivity index (χ2v) is 6.09. The van der Waals surface area contributed by atoms with Gasteiger partial charge in [-0.15, -0.1) is 0 Å². The van der Waals surface area contributed by atoms with Crippen LogP contribution in [-0.4, -0.2) is 29.9 Å². The number of nitrogens with two attached hydrogens (primary N) is 1. The molecule has 0 saturated heterocycles. The van der Waals surface area contributed by atoms with Gasteiger partial charge >= 0.3 is 0 Å². The van der Waals surface area contributed by atoms with Gasteiger partial charge in [0, 0.05) is 24.0 Å². The van der Waals surface area contributed by atoms with E-state index in [2.05, 4.69) is 17.1 Å². The van der Waals surface area contributed by atoms with Crippen LogP contribution >= 0.6 is 11.6 Å². The fourth-order valence-corrected chi connectivity index (χ4v) is 2.56. The maximum atomic E-state index is 12.0. The zero-order valence-electron chi connectivity index (χ0n) is 12.6. The number of benzene rings is 1. The Morgan fingerprint density at radius 1 is 1.43 bits per heavy atom. The zero-order valence-corrected chi connectivity index (χ0v) is 13.3. The van der Waals surface area contributed by atoms with Crippen LogP contribution in [-0.2, 0) is 4.79 Å². The Balaban J connectivity index is 1.80. The van der Waals surface area contributed by atoms with Crippen LogP contribution < -0.4 is 11.1 Å². The third-order valence-electron chi connectivity index (χ3n) is 3.78. The molecular formula is C16H24ClN3O. The fraction of sp³-hybridized carbons (Fsp3) is 0.562. The van der Waals surface area contributed by atoms with Crippen molar-refractivity contribution >= 4 is 28.9 Å². The van der Waals surface area contributed by atoms with E-state index in [-0.39, 0.29) is 5.91 Å². The van der Waals surface area contributed by atoms with Gasteiger partial charge in [0.15, 0.2) is 0 Å². The largest absolute Gasteiger partial charge is 0.397 e. The van der Waals surface area contributed by atoms with Crippen molar-refractivity contribution in [3.63, 3.8) is 0 Å². The van der Waals surface area contributed by atoms with E-state index < -0.39 is 0 Å². The molecule has 1 amide bonds. The summed E-state index contributed by atoms with van der Waals surface area (Å²) >= 11 is 5.85. The van der Waals surface area contributed by atoms with Crippen LogP contribution in [0.15, 0.2) is 18.2 Å². The molecule has 0 aromatic heterocycles. The first-order valence-electron chi connectivity index (χ1n) is 7.69. The third-order valence-corrected chi connectivity index (χ3v) is 4.01. The molecule has 1 saturated carbocycles. The molecule has 3 N–H and O–H groups in total. The van der Waals surface area contributed by atoms with E-state index in [1.165, 1.54) is 25.7 Å². The van der Waals surface area contributed by atoms with Crippen LogP contribution in [0.3, 0.4) is 0 Å². The van der Waals surface area contributed by atoms with Gasteiger partial charge < -0.3 is 11.1 Å². The quantitative estimate of drug-likeness (QED) is 0.722. The van der Waals surface area contributed by atoms with E-state index in [1.54, 1.807) is 18.2 Å². The minimum absolute atomic E-state index is 0.00571. The molecule has 0 aliphatic heterocycles. The van der Waals surface area contributed by atoms with Gasteiger partial charge in [-0.25, -0.2) is 0 Å². The summed E-state index contributed by atoms with van der Waals surface area (Å²) in [6.45, 7) is 4.11. The number of anilines is 2. The van der Waals surface area contributed by atoms with E-state index in [0.29, 0.717) is 28.9 Å².